The molecule has 1 aromatic rings. The molecule has 5 nitrogen and oxygen atoms in total. The fraction of sp³-hybridized carbons (Fsp3) is 0.462. The number of ether oxygens (including phenoxy) is 1. The number of amides is 2. The topological polar surface area (TPSA) is 61.8 Å². The molecule has 0 radical (unpaired) electrons. The molecule has 104 valence electrons. The summed E-state index contributed by atoms with van der Waals surface area (Å²) in [7, 11) is 1.66. The number of hydrogen-bond donors (Lipinski definition) is 2. The number of carbonyl (C=O) groups excluding carboxylic acids is 1. The lowest BCUT2D eigenvalue weighted by atomic mass is 10.0. The first kappa shape index (κ1) is 14.1. The number of aliphatic hydroxyl groups is 1. The summed E-state index contributed by atoms with van der Waals surface area (Å²) in [6.07, 6.45) is 0.738. The van der Waals surface area contributed by atoms with Crippen molar-refractivity contribution in [1.29, 1.82) is 0 Å². The van der Waals surface area contributed by atoms with E-state index in [1.165, 1.54) is 4.90 Å². The normalized spacial score (nSPS) is 17.3. The van der Waals surface area contributed by atoms with Crippen molar-refractivity contribution in [3.8, 4) is 5.75 Å². The van der Waals surface area contributed by atoms with Gasteiger partial charge in [0.2, 0.25) is 0 Å². The van der Waals surface area contributed by atoms with E-state index in [9.17, 15) is 4.79 Å². The minimum Gasteiger partial charge on any atom is -0.493 e. The first-order valence-corrected chi connectivity index (χ1v) is 6.96. The fourth-order valence-electron chi connectivity index (χ4n) is 2.03. The molecule has 19 heavy (non-hydrogen) atoms. The van der Waals surface area contributed by atoms with Crippen LogP contribution in [0.2, 0.25) is 0 Å². The van der Waals surface area contributed by atoms with Gasteiger partial charge in [-0.05, 0) is 18.2 Å². The highest BCUT2D eigenvalue weighted by Crippen LogP contribution is 2.34. The van der Waals surface area contributed by atoms with Gasteiger partial charge in [0.1, 0.15) is 5.75 Å². The zero-order chi connectivity index (χ0) is 13.8. The van der Waals surface area contributed by atoms with Gasteiger partial charge in [0.05, 0.1) is 19.3 Å². The summed E-state index contributed by atoms with van der Waals surface area (Å²) in [6.45, 7) is 0.865. The van der Waals surface area contributed by atoms with E-state index in [0.29, 0.717) is 13.2 Å². The smallest absolute Gasteiger partial charge is 0.317 e. The van der Waals surface area contributed by atoms with Crippen LogP contribution in [0.25, 0.3) is 0 Å². The van der Waals surface area contributed by atoms with Crippen LogP contribution in [0.4, 0.5) is 4.79 Å². The number of nitrogens with zero attached hydrogens (tertiary/aromatic N) is 1. The van der Waals surface area contributed by atoms with Gasteiger partial charge in [-0.1, -0.05) is 15.9 Å². The van der Waals surface area contributed by atoms with Gasteiger partial charge >= 0.3 is 6.03 Å². The van der Waals surface area contributed by atoms with Gasteiger partial charge < -0.3 is 20.1 Å². The Morgan fingerprint density at radius 2 is 2.42 bits per heavy atom. The molecule has 0 aromatic heterocycles. The molecule has 6 heteroatoms. The van der Waals surface area contributed by atoms with Crippen LogP contribution < -0.4 is 10.1 Å². The van der Waals surface area contributed by atoms with E-state index < -0.39 is 0 Å². The van der Waals surface area contributed by atoms with Gasteiger partial charge in [-0.3, -0.25) is 0 Å². The van der Waals surface area contributed by atoms with Crippen molar-refractivity contribution in [2.45, 2.75) is 12.5 Å². The first-order chi connectivity index (χ1) is 9.11. The Labute approximate surface area is 120 Å². The second-order valence-corrected chi connectivity index (χ2v) is 5.38. The van der Waals surface area contributed by atoms with E-state index in [2.05, 4.69) is 21.2 Å². The van der Waals surface area contributed by atoms with E-state index in [1.54, 1.807) is 7.05 Å². The quantitative estimate of drug-likeness (QED) is 0.890. The molecule has 1 unspecified atom stereocenters. The van der Waals surface area contributed by atoms with E-state index in [4.69, 9.17) is 9.84 Å². The van der Waals surface area contributed by atoms with E-state index >= 15 is 0 Å². The number of benzene rings is 1. The van der Waals surface area contributed by atoms with Gasteiger partial charge in [0.15, 0.2) is 0 Å². The Morgan fingerprint density at radius 1 is 1.63 bits per heavy atom. The van der Waals surface area contributed by atoms with Gasteiger partial charge in [-0.25, -0.2) is 4.79 Å². The Bertz CT molecular complexity index is 467. The number of aliphatic hydroxyl groups excluding tert-OH is 1. The summed E-state index contributed by atoms with van der Waals surface area (Å²) < 4.78 is 6.53. The van der Waals surface area contributed by atoms with Crippen LogP contribution in [0, 0.1) is 0 Å². The second-order valence-electron chi connectivity index (χ2n) is 4.47. The maximum absolute atomic E-state index is 11.9. The average Bonchev–Trinajstić information content (AvgIpc) is 2.39. The largest absolute Gasteiger partial charge is 0.493 e. The molecule has 0 spiro atoms. The second kappa shape index (κ2) is 6.25. The lowest BCUT2D eigenvalue weighted by Crippen LogP contribution is -2.41. The van der Waals surface area contributed by atoms with Crippen LogP contribution >= 0.6 is 15.9 Å². The minimum atomic E-state index is -0.188. The van der Waals surface area contributed by atoms with Crippen molar-refractivity contribution in [3.63, 3.8) is 0 Å². The van der Waals surface area contributed by atoms with E-state index in [-0.39, 0.29) is 18.7 Å². The highest BCUT2D eigenvalue weighted by Gasteiger charge is 2.24. The zero-order valence-electron chi connectivity index (χ0n) is 10.7. The maximum atomic E-state index is 11.9. The number of rotatable bonds is 3. The highest BCUT2D eigenvalue weighted by molar-refractivity contribution is 9.10. The third-order valence-electron chi connectivity index (χ3n) is 3.09. The molecular weight excluding hydrogens is 312 g/mol. The SMILES string of the molecule is CN(CCO)C(=O)NC1CCOc2ccc(Br)cc21. The molecule has 1 aliphatic heterocycles. The number of fused-ring (bicyclic) bond motifs is 1. The monoisotopic (exact) mass is 328 g/mol. The van der Waals surface area contributed by atoms with Crippen LogP contribution in [-0.4, -0.2) is 42.8 Å². The number of halogens is 1. The predicted octanol–water partition coefficient (Wildman–Crippen LogP) is 1.91. The standard InChI is InChI=1S/C13H17BrN2O3/c1-16(5-6-17)13(18)15-11-4-7-19-12-3-2-9(14)8-10(11)12/h2-3,8,11,17H,4-7H2,1H3,(H,15,18). The molecule has 0 saturated heterocycles. The van der Waals surface area contributed by atoms with E-state index in [1.807, 2.05) is 18.2 Å². The lowest BCUT2D eigenvalue weighted by Gasteiger charge is -2.28. The third kappa shape index (κ3) is 3.39. The van der Waals surface area contributed by atoms with Crippen molar-refractivity contribution in [1.82, 2.24) is 10.2 Å². The molecule has 0 fully saturated rings. The molecule has 1 heterocycles. The molecule has 1 aliphatic rings. The first-order valence-electron chi connectivity index (χ1n) is 6.16. The van der Waals surface area contributed by atoms with Crippen molar-refractivity contribution in [3.05, 3.63) is 28.2 Å². The van der Waals surface area contributed by atoms with Crippen LogP contribution in [0.1, 0.15) is 18.0 Å². The molecule has 1 atom stereocenters. The van der Waals surface area contributed by atoms with Crippen LogP contribution in [0.3, 0.4) is 0 Å². The number of urea groups is 1. The lowest BCUT2D eigenvalue weighted by molar-refractivity contribution is 0.181. The van der Waals surface area contributed by atoms with Gasteiger partial charge in [0, 0.05) is 30.0 Å². The molecular formula is C13H17BrN2O3. The molecule has 0 saturated carbocycles. The van der Waals surface area contributed by atoms with Crippen molar-refractivity contribution < 1.29 is 14.6 Å². The van der Waals surface area contributed by atoms with Crippen molar-refractivity contribution >= 4 is 22.0 Å². The van der Waals surface area contributed by atoms with Crippen LogP contribution in [0.15, 0.2) is 22.7 Å². The fourth-order valence-corrected chi connectivity index (χ4v) is 2.40. The summed E-state index contributed by atoms with van der Waals surface area (Å²) in [4.78, 5) is 13.4. The van der Waals surface area contributed by atoms with Gasteiger partial charge in [0.25, 0.3) is 0 Å². The summed E-state index contributed by atoms with van der Waals surface area (Å²) in [5.74, 6) is 0.810. The maximum Gasteiger partial charge on any atom is 0.317 e. The van der Waals surface area contributed by atoms with Crippen molar-refractivity contribution in [2.24, 2.45) is 0 Å². The third-order valence-corrected chi connectivity index (χ3v) is 3.58. The highest BCUT2D eigenvalue weighted by atomic mass is 79.9. The Kier molecular flexibility index (Phi) is 4.66. The molecule has 2 N–H and O–H groups in total. The van der Waals surface area contributed by atoms with Gasteiger partial charge in [-0.15, -0.1) is 0 Å². The van der Waals surface area contributed by atoms with Crippen LogP contribution in [-0.2, 0) is 0 Å². The number of nitrogens with one attached hydrogen (secondary N) is 1. The van der Waals surface area contributed by atoms with E-state index in [0.717, 1.165) is 22.2 Å². The predicted molar refractivity (Wildman–Crippen MR) is 75.2 cm³/mol. The zero-order valence-corrected chi connectivity index (χ0v) is 12.3. The summed E-state index contributed by atoms with van der Waals surface area (Å²) >= 11 is 3.43. The Hall–Kier alpha value is -1.27. The summed E-state index contributed by atoms with van der Waals surface area (Å²) in [5, 5.41) is 11.8. The Morgan fingerprint density at radius 3 is 3.16 bits per heavy atom. The molecule has 0 bridgehead atoms. The molecule has 2 rings (SSSR count). The summed E-state index contributed by atoms with van der Waals surface area (Å²) in [6, 6.07) is 5.53. The van der Waals surface area contributed by atoms with Gasteiger partial charge in [-0.2, -0.15) is 0 Å². The average molecular weight is 329 g/mol. The van der Waals surface area contributed by atoms with Crippen LogP contribution in [0.5, 0.6) is 5.75 Å². The minimum absolute atomic E-state index is 0.0418. The molecule has 1 aromatic carbocycles. The number of hydrogen-bond acceptors (Lipinski definition) is 3. The number of carbonyl (C=O) groups is 1. The molecule has 0 aliphatic carbocycles. The number of likely N-dealkylation sites (N-methyl/N-ethyl adjacent to an activating group) is 1. The summed E-state index contributed by atoms with van der Waals surface area (Å²) in [5.41, 5.74) is 0.978. The van der Waals surface area contributed by atoms with Crippen molar-refractivity contribution in [2.75, 3.05) is 26.8 Å². The Balaban J connectivity index is 2.11. The molecule has 2 amide bonds.